The number of nitrogens with one attached hydrogen (secondary N) is 1. The highest BCUT2D eigenvalue weighted by molar-refractivity contribution is 7.11. The fourth-order valence-electron chi connectivity index (χ4n) is 2.03. The van der Waals surface area contributed by atoms with Crippen molar-refractivity contribution < 1.29 is 0 Å². The van der Waals surface area contributed by atoms with Crippen LogP contribution in [0.1, 0.15) is 34.1 Å². The first-order valence-corrected chi connectivity index (χ1v) is 7.04. The van der Waals surface area contributed by atoms with Crippen LogP contribution < -0.4 is 5.32 Å². The van der Waals surface area contributed by atoms with Crippen molar-refractivity contribution in [2.45, 2.75) is 33.2 Å². The summed E-state index contributed by atoms with van der Waals surface area (Å²) >= 11 is 1.77. The number of thiazole rings is 1. The smallest absolute Gasteiger partial charge is 0.0900 e. The fraction of sp³-hybridized carbons (Fsp3) is 0.429. The number of hydrogen-bond acceptors (Lipinski definition) is 4. The van der Waals surface area contributed by atoms with Gasteiger partial charge in [-0.25, -0.2) is 4.98 Å². The Morgan fingerprint density at radius 2 is 2.00 bits per heavy atom. The molecule has 3 nitrogen and oxygen atoms in total. The zero-order valence-electron chi connectivity index (χ0n) is 11.1. The molecule has 0 bridgehead atoms. The minimum Gasteiger partial charge on any atom is -0.308 e. The number of aryl methyl sites for hydroxylation is 2. The van der Waals surface area contributed by atoms with Gasteiger partial charge in [-0.05, 0) is 51.4 Å². The molecule has 1 N–H and O–H groups in total. The average molecular weight is 261 g/mol. The molecule has 2 aromatic heterocycles. The maximum Gasteiger partial charge on any atom is 0.0900 e. The molecule has 0 amide bonds. The van der Waals surface area contributed by atoms with E-state index in [0.717, 1.165) is 18.0 Å². The largest absolute Gasteiger partial charge is 0.308 e. The molecule has 2 aromatic rings. The molecule has 0 spiro atoms. The lowest BCUT2D eigenvalue weighted by molar-refractivity contribution is 0.563. The maximum absolute atomic E-state index is 4.58. The summed E-state index contributed by atoms with van der Waals surface area (Å²) < 4.78 is 0. The molecule has 0 aliphatic rings. The summed E-state index contributed by atoms with van der Waals surface area (Å²) in [5, 5.41) is 4.67. The van der Waals surface area contributed by atoms with Gasteiger partial charge in [0, 0.05) is 23.3 Å². The molecule has 0 fully saturated rings. The van der Waals surface area contributed by atoms with Crippen LogP contribution in [0.2, 0.25) is 0 Å². The quantitative estimate of drug-likeness (QED) is 0.899. The molecule has 2 rings (SSSR count). The second-order valence-electron chi connectivity index (χ2n) is 4.46. The monoisotopic (exact) mass is 261 g/mol. The third-order valence-electron chi connectivity index (χ3n) is 2.96. The van der Waals surface area contributed by atoms with E-state index < -0.39 is 0 Å². The van der Waals surface area contributed by atoms with E-state index in [-0.39, 0.29) is 0 Å². The molecule has 0 aromatic carbocycles. The molecule has 0 aliphatic heterocycles. The first-order valence-electron chi connectivity index (χ1n) is 6.23. The van der Waals surface area contributed by atoms with Crippen molar-refractivity contribution >= 4 is 11.3 Å². The number of pyridine rings is 1. The molecule has 0 saturated carbocycles. The predicted molar refractivity (Wildman–Crippen MR) is 75.9 cm³/mol. The Balaban J connectivity index is 1.85. The number of nitrogens with zero attached hydrogens (tertiary/aromatic N) is 2. The Morgan fingerprint density at radius 3 is 2.61 bits per heavy atom. The van der Waals surface area contributed by atoms with E-state index >= 15 is 0 Å². The standard InChI is InChI=1S/C14H19N3S/c1-10(14-11(2)18-12(3)17-14)16-9-6-13-4-7-15-8-5-13/h4-5,7-8,10,16H,6,9H2,1-3H3. The van der Waals surface area contributed by atoms with Crippen LogP contribution in [-0.2, 0) is 6.42 Å². The first-order chi connectivity index (χ1) is 8.66. The lowest BCUT2D eigenvalue weighted by atomic mass is 10.1. The van der Waals surface area contributed by atoms with Crippen LogP contribution in [0, 0.1) is 13.8 Å². The normalized spacial score (nSPS) is 12.6. The van der Waals surface area contributed by atoms with Gasteiger partial charge in [0.25, 0.3) is 0 Å². The zero-order valence-corrected chi connectivity index (χ0v) is 11.9. The van der Waals surface area contributed by atoms with Crippen LogP contribution in [0.25, 0.3) is 0 Å². The van der Waals surface area contributed by atoms with Gasteiger partial charge in [0.05, 0.1) is 10.7 Å². The average Bonchev–Trinajstić information content (AvgIpc) is 2.70. The second-order valence-corrected chi connectivity index (χ2v) is 5.86. The van der Waals surface area contributed by atoms with Crippen LogP contribution in [0.3, 0.4) is 0 Å². The Hall–Kier alpha value is -1.26. The Kier molecular flexibility index (Phi) is 4.44. The summed E-state index contributed by atoms with van der Waals surface area (Å²) in [6.07, 6.45) is 4.70. The van der Waals surface area contributed by atoms with Gasteiger partial charge < -0.3 is 5.32 Å². The predicted octanol–water partition coefficient (Wildman–Crippen LogP) is 3.05. The number of rotatable bonds is 5. The highest BCUT2D eigenvalue weighted by Crippen LogP contribution is 2.22. The number of hydrogen-bond donors (Lipinski definition) is 1. The highest BCUT2D eigenvalue weighted by atomic mass is 32.1. The fourth-order valence-corrected chi connectivity index (χ4v) is 2.94. The van der Waals surface area contributed by atoms with Gasteiger partial charge in [-0.2, -0.15) is 0 Å². The van der Waals surface area contributed by atoms with Crippen molar-refractivity contribution in [2.75, 3.05) is 6.54 Å². The van der Waals surface area contributed by atoms with Crippen LogP contribution in [0.5, 0.6) is 0 Å². The molecule has 4 heteroatoms. The Bertz CT molecular complexity index is 493. The van der Waals surface area contributed by atoms with E-state index in [1.54, 1.807) is 11.3 Å². The van der Waals surface area contributed by atoms with Crippen molar-refractivity contribution in [1.82, 2.24) is 15.3 Å². The summed E-state index contributed by atoms with van der Waals surface area (Å²) in [6.45, 7) is 7.33. The SMILES string of the molecule is Cc1nc(C(C)NCCc2ccncc2)c(C)s1. The third kappa shape index (κ3) is 3.37. The van der Waals surface area contributed by atoms with Crippen LogP contribution in [0.4, 0.5) is 0 Å². The summed E-state index contributed by atoms with van der Waals surface area (Å²) in [7, 11) is 0. The van der Waals surface area contributed by atoms with Crippen LogP contribution in [-0.4, -0.2) is 16.5 Å². The minimum absolute atomic E-state index is 0.316. The summed E-state index contributed by atoms with van der Waals surface area (Å²) in [4.78, 5) is 9.92. The molecule has 0 aliphatic carbocycles. The topological polar surface area (TPSA) is 37.8 Å². The number of aromatic nitrogens is 2. The van der Waals surface area contributed by atoms with Crippen molar-refractivity contribution in [3.8, 4) is 0 Å². The Labute approximate surface area is 112 Å². The van der Waals surface area contributed by atoms with Gasteiger partial charge in [-0.15, -0.1) is 11.3 Å². The van der Waals surface area contributed by atoms with Gasteiger partial charge in [-0.3, -0.25) is 4.98 Å². The van der Waals surface area contributed by atoms with Gasteiger partial charge in [0.15, 0.2) is 0 Å². The molecule has 1 unspecified atom stereocenters. The van der Waals surface area contributed by atoms with Crippen molar-refractivity contribution in [3.63, 3.8) is 0 Å². The van der Waals surface area contributed by atoms with Gasteiger partial charge in [0.2, 0.25) is 0 Å². The van der Waals surface area contributed by atoms with Gasteiger partial charge in [-0.1, -0.05) is 0 Å². The zero-order chi connectivity index (χ0) is 13.0. The molecule has 18 heavy (non-hydrogen) atoms. The molecular formula is C14H19N3S. The summed E-state index contributed by atoms with van der Waals surface area (Å²) in [5.74, 6) is 0. The highest BCUT2D eigenvalue weighted by Gasteiger charge is 2.11. The van der Waals surface area contributed by atoms with Crippen molar-refractivity contribution in [2.24, 2.45) is 0 Å². The second kappa shape index (κ2) is 6.07. The molecule has 1 atom stereocenters. The van der Waals surface area contributed by atoms with E-state index in [1.807, 2.05) is 12.4 Å². The van der Waals surface area contributed by atoms with Crippen molar-refractivity contribution in [1.29, 1.82) is 0 Å². The minimum atomic E-state index is 0.316. The van der Waals surface area contributed by atoms with E-state index in [2.05, 4.69) is 48.2 Å². The Morgan fingerprint density at radius 1 is 1.28 bits per heavy atom. The van der Waals surface area contributed by atoms with E-state index in [9.17, 15) is 0 Å². The van der Waals surface area contributed by atoms with E-state index in [1.165, 1.54) is 16.1 Å². The molecular weight excluding hydrogens is 242 g/mol. The third-order valence-corrected chi connectivity index (χ3v) is 3.87. The molecule has 0 radical (unpaired) electrons. The van der Waals surface area contributed by atoms with Gasteiger partial charge in [0.1, 0.15) is 0 Å². The van der Waals surface area contributed by atoms with E-state index in [0.29, 0.717) is 6.04 Å². The molecule has 96 valence electrons. The van der Waals surface area contributed by atoms with Gasteiger partial charge >= 0.3 is 0 Å². The molecule has 0 saturated heterocycles. The summed E-state index contributed by atoms with van der Waals surface area (Å²) in [6, 6.07) is 4.44. The lowest BCUT2D eigenvalue weighted by Crippen LogP contribution is -2.22. The van der Waals surface area contributed by atoms with Crippen molar-refractivity contribution in [3.05, 3.63) is 45.7 Å². The summed E-state index contributed by atoms with van der Waals surface area (Å²) in [5.41, 5.74) is 2.50. The van der Waals surface area contributed by atoms with E-state index in [4.69, 9.17) is 0 Å². The van der Waals surface area contributed by atoms with Crippen LogP contribution >= 0.6 is 11.3 Å². The lowest BCUT2D eigenvalue weighted by Gasteiger charge is -2.12. The first kappa shape index (κ1) is 13.2. The van der Waals surface area contributed by atoms with Crippen LogP contribution in [0.15, 0.2) is 24.5 Å². The molecule has 2 heterocycles. The maximum atomic E-state index is 4.58.